The van der Waals surface area contributed by atoms with Crippen molar-refractivity contribution in [3.05, 3.63) is 42.0 Å². The summed E-state index contributed by atoms with van der Waals surface area (Å²) in [5, 5.41) is 5.33. The highest BCUT2D eigenvalue weighted by molar-refractivity contribution is 5.89. The summed E-state index contributed by atoms with van der Waals surface area (Å²) in [6.45, 7) is 14.1. The zero-order chi connectivity index (χ0) is 22.0. The van der Waals surface area contributed by atoms with Crippen molar-refractivity contribution in [2.45, 2.75) is 53.2 Å². The van der Waals surface area contributed by atoms with Crippen molar-refractivity contribution in [2.24, 2.45) is 10.7 Å². The van der Waals surface area contributed by atoms with Crippen molar-refractivity contribution in [2.75, 3.05) is 18.5 Å². The molecule has 1 aromatic carbocycles. The molecule has 8 nitrogen and oxygen atoms in total. The van der Waals surface area contributed by atoms with E-state index < -0.39 is 5.97 Å². The van der Waals surface area contributed by atoms with Crippen LogP contribution in [0.3, 0.4) is 0 Å². The lowest BCUT2D eigenvalue weighted by Gasteiger charge is -2.31. The van der Waals surface area contributed by atoms with Gasteiger partial charge >= 0.3 is 12.0 Å². The van der Waals surface area contributed by atoms with Gasteiger partial charge in [-0.25, -0.2) is 14.6 Å². The van der Waals surface area contributed by atoms with E-state index >= 15 is 0 Å². The third kappa shape index (κ3) is 8.68. The summed E-state index contributed by atoms with van der Waals surface area (Å²) in [5.74, 6) is 0.0416. The average Bonchev–Trinajstić information content (AvgIpc) is 2.63. The number of amides is 2. The molecule has 0 radical (unpaired) electrons. The summed E-state index contributed by atoms with van der Waals surface area (Å²) >= 11 is 0. The molecular formula is C21H33N5O3. The van der Waals surface area contributed by atoms with Gasteiger partial charge in [-0.05, 0) is 52.3 Å². The molecule has 0 bridgehead atoms. The van der Waals surface area contributed by atoms with Crippen LogP contribution in [0.25, 0.3) is 0 Å². The number of anilines is 1. The van der Waals surface area contributed by atoms with Crippen LogP contribution in [0.5, 0.6) is 0 Å². The lowest BCUT2D eigenvalue weighted by molar-refractivity contribution is -0.138. The highest BCUT2D eigenvalue weighted by atomic mass is 16.5. The first-order chi connectivity index (χ1) is 13.6. The zero-order valence-electron chi connectivity index (χ0n) is 18.0. The summed E-state index contributed by atoms with van der Waals surface area (Å²) in [5.41, 5.74) is 8.08. The number of ether oxygens (including phenoxy) is 1. The minimum atomic E-state index is -0.476. The topological polar surface area (TPSA) is 109 Å². The maximum absolute atomic E-state index is 11.9. The molecule has 8 heteroatoms. The molecule has 0 heterocycles. The highest BCUT2D eigenvalue weighted by Gasteiger charge is 2.15. The summed E-state index contributed by atoms with van der Waals surface area (Å²) in [7, 11) is 0. The smallest absolute Gasteiger partial charge is 0.333 e. The lowest BCUT2D eigenvalue weighted by atomic mass is 10.2. The molecule has 0 saturated carbocycles. The fraction of sp³-hybridized carbons (Fsp3) is 0.476. The lowest BCUT2D eigenvalue weighted by Crippen LogP contribution is -2.46. The molecule has 0 spiro atoms. The molecule has 0 fully saturated rings. The molecule has 4 N–H and O–H groups in total. The van der Waals surface area contributed by atoms with Gasteiger partial charge in [0.25, 0.3) is 0 Å². The third-order valence-electron chi connectivity index (χ3n) is 3.98. The number of carbonyl (C=O) groups excluding carboxylic acids is 2. The Balaban J connectivity index is 2.49. The molecule has 29 heavy (non-hydrogen) atoms. The first kappa shape index (κ1) is 24.0. The molecule has 0 aliphatic heterocycles. The van der Waals surface area contributed by atoms with E-state index in [1.165, 1.54) is 0 Å². The van der Waals surface area contributed by atoms with Crippen LogP contribution in [0.4, 0.5) is 10.5 Å². The van der Waals surface area contributed by atoms with E-state index in [2.05, 4.69) is 54.8 Å². The van der Waals surface area contributed by atoms with Gasteiger partial charge in [0.1, 0.15) is 6.61 Å². The van der Waals surface area contributed by atoms with Gasteiger partial charge in [0.2, 0.25) is 0 Å². The van der Waals surface area contributed by atoms with Crippen LogP contribution in [0.1, 0.15) is 40.2 Å². The van der Waals surface area contributed by atoms with E-state index in [1.54, 1.807) is 19.1 Å². The van der Waals surface area contributed by atoms with Crippen LogP contribution < -0.4 is 16.4 Å². The number of hydrogen-bond acceptors (Lipinski definition) is 4. The molecule has 2 amide bonds. The molecule has 160 valence electrons. The second-order valence-corrected chi connectivity index (χ2v) is 7.26. The fourth-order valence-corrected chi connectivity index (χ4v) is 2.68. The number of urea groups is 1. The summed E-state index contributed by atoms with van der Waals surface area (Å²) < 4.78 is 4.91. The second kappa shape index (κ2) is 11.7. The van der Waals surface area contributed by atoms with E-state index in [-0.39, 0.29) is 31.3 Å². The number of carbonyl (C=O) groups is 2. The molecule has 0 aromatic heterocycles. The Morgan fingerprint density at radius 2 is 1.76 bits per heavy atom. The standard InChI is InChI=1S/C21H33N5O3/c1-14(2)19(27)29-12-11-23-21(28)25-18-9-7-17(8-10-18)13-24-20(22)26(15(3)4)16(5)6/h7-10,15-16H,1,11-13H2,2-6H3,(H2,22,24)(H2,23,25,28). The normalized spacial score (nSPS) is 11.3. The SMILES string of the molecule is C=C(C)C(=O)OCCNC(=O)Nc1ccc(CN=C(N)N(C(C)C)C(C)C)cc1. The van der Waals surface area contributed by atoms with Crippen LogP contribution in [-0.4, -0.2) is 48.1 Å². The molecular weight excluding hydrogens is 370 g/mol. The molecule has 0 aliphatic rings. The van der Waals surface area contributed by atoms with Crippen molar-refractivity contribution in [3.8, 4) is 0 Å². The quantitative estimate of drug-likeness (QED) is 0.193. The number of esters is 1. The van der Waals surface area contributed by atoms with Crippen LogP contribution in [-0.2, 0) is 16.1 Å². The first-order valence-corrected chi connectivity index (χ1v) is 9.66. The van der Waals surface area contributed by atoms with Crippen molar-refractivity contribution in [3.63, 3.8) is 0 Å². The van der Waals surface area contributed by atoms with Gasteiger partial charge in [-0.1, -0.05) is 18.7 Å². The maximum Gasteiger partial charge on any atom is 0.333 e. The van der Waals surface area contributed by atoms with Gasteiger partial charge in [0.05, 0.1) is 13.1 Å². The summed E-state index contributed by atoms with van der Waals surface area (Å²) in [6, 6.07) is 7.53. The Morgan fingerprint density at radius 3 is 2.28 bits per heavy atom. The second-order valence-electron chi connectivity index (χ2n) is 7.26. The van der Waals surface area contributed by atoms with Gasteiger partial charge < -0.3 is 26.0 Å². The van der Waals surface area contributed by atoms with E-state index in [4.69, 9.17) is 10.5 Å². The Bertz CT molecular complexity index is 718. The molecule has 0 saturated heterocycles. The van der Waals surface area contributed by atoms with Gasteiger partial charge in [-0.3, -0.25) is 0 Å². The molecule has 0 atom stereocenters. The third-order valence-corrected chi connectivity index (χ3v) is 3.98. The van der Waals surface area contributed by atoms with Crippen molar-refractivity contribution >= 4 is 23.6 Å². The molecule has 0 aliphatic carbocycles. The van der Waals surface area contributed by atoms with Crippen molar-refractivity contribution < 1.29 is 14.3 Å². The fourth-order valence-electron chi connectivity index (χ4n) is 2.68. The maximum atomic E-state index is 11.9. The van der Waals surface area contributed by atoms with Gasteiger partial charge in [0.15, 0.2) is 5.96 Å². The van der Waals surface area contributed by atoms with E-state index in [9.17, 15) is 9.59 Å². The average molecular weight is 404 g/mol. The number of guanidine groups is 1. The zero-order valence-corrected chi connectivity index (χ0v) is 18.0. The minimum absolute atomic E-state index is 0.0846. The molecule has 1 rings (SSSR count). The van der Waals surface area contributed by atoms with Crippen molar-refractivity contribution in [1.29, 1.82) is 0 Å². The Labute approximate surface area is 173 Å². The van der Waals surface area contributed by atoms with E-state index in [0.29, 0.717) is 23.8 Å². The summed E-state index contributed by atoms with van der Waals surface area (Å²) in [6.07, 6.45) is 0. The predicted molar refractivity (Wildman–Crippen MR) is 117 cm³/mol. The molecule has 0 unspecified atom stereocenters. The van der Waals surface area contributed by atoms with Gasteiger partial charge in [0, 0.05) is 23.3 Å². The predicted octanol–water partition coefficient (Wildman–Crippen LogP) is 2.86. The van der Waals surface area contributed by atoms with Gasteiger partial charge in [-0.15, -0.1) is 0 Å². The van der Waals surface area contributed by atoms with E-state index in [0.717, 1.165) is 5.56 Å². The Kier molecular flexibility index (Phi) is 9.71. The first-order valence-electron chi connectivity index (χ1n) is 9.66. The number of nitrogens with two attached hydrogens (primary N) is 1. The molecule has 1 aromatic rings. The monoisotopic (exact) mass is 403 g/mol. The number of benzene rings is 1. The number of nitrogens with one attached hydrogen (secondary N) is 2. The van der Waals surface area contributed by atoms with Crippen LogP contribution in [0, 0.1) is 0 Å². The Hall–Kier alpha value is -3.03. The summed E-state index contributed by atoms with van der Waals surface area (Å²) in [4.78, 5) is 29.6. The number of rotatable bonds is 9. The van der Waals surface area contributed by atoms with E-state index in [1.807, 2.05) is 12.1 Å². The van der Waals surface area contributed by atoms with Gasteiger partial charge in [-0.2, -0.15) is 0 Å². The highest BCUT2D eigenvalue weighted by Crippen LogP contribution is 2.11. The number of aliphatic imine (C=N–C) groups is 1. The number of nitrogens with zero attached hydrogens (tertiary/aromatic N) is 2. The van der Waals surface area contributed by atoms with Crippen LogP contribution in [0.2, 0.25) is 0 Å². The van der Waals surface area contributed by atoms with Crippen molar-refractivity contribution in [1.82, 2.24) is 10.2 Å². The largest absolute Gasteiger partial charge is 0.460 e. The number of hydrogen-bond donors (Lipinski definition) is 3. The van der Waals surface area contributed by atoms with Crippen LogP contribution >= 0.6 is 0 Å². The van der Waals surface area contributed by atoms with Crippen LogP contribution in [0.15, 0.2) is 41.4 Å². The Morgan fingerprint density at radius 1 is 1.17 bits per heavy atom. The minimum Gasteiger partial charge on any atom is -0.460 e.